The molecule has 0 atom stereocenters. The minimum absolute atomic E-state index is 0.0342. The van der Waals surface area contributed by atoms with Gasteiger partial charge in [-0.3, -0.25) is 9.78 Å². The molecule has 82 valence electrons. The van der Waals surface area contributed by atoms with Gasteiger partial charge in [0.15, 0.2) is 5.78 Å². The number of hydrogen-bond donors (Lipinski definition) is 0. The number of nitrogens with zero attached hydrogens (tertiary/aromatic N) is 1. The molecule has 2 aromatic rings. The zero-order valence-corrected chi connectivity index (χ0v) is 10.0. The van der Waals surface area contributed by atoms with Crippen molar-refractivity contribution in [3.63, 3.8) is 0 Å². The first kappa shape index (κ1) is 11.1. The number of halogens is 1. The van der Waals surface area contributed by atoms with Crippen LogP contribution in [0.5, 0.6) is 0 Å². The molecular formula is C13H12ClNO. The van der Waals surface area contributed by atoms with Crippen molar-refractivity contribution in [1.82, 2.24) is 4.98 Å². The molecule has 0 aliphatic carbocycles. The summed E-state index contributed by atoms with van der Waals surface area (Å²) in [4.78, 5) is 16.1. The summed E-state index contributed by atoms with van der Waals surface area (Å²) in [5.74, 6) is 0.0342. The van der Waals surface area contributed by atoms with E-state index >= 15 is 0 Å². The number of aromatic nitrogens is 1. The van der Waals surface area contributed by atoms with E-state index in [2.05, 4.69) is 4.98 Å². The average Bonchev–Trinajstić information content (AvgIpc) is 2.28. The Balaban J connectivity index is 2.79. The Morgan fingerprint density at radius 3 is 2.88 bits per heavy atom. The molecule has 0 bridgehead atoms. The zero-order chi connectivity index (χ0) is 11.7. The van der Waals surface area contributed by atoms with E-state index in [1.807, 2.05) is 26.0 Å². The van der Waals surface area contributed by atoms with Crippen LogP contribution in [0.15, 0.2) is 24.4 Å². The Labute approximate surface area is 99.3 Å². The normalized spacial score (nSPS) is 10.7. The molecule has 0 saturated heterocycles. The van der Waals surface area contributed by atoms with Crippen LogP contribution in [0.3, 0.4) is 0 Å². The molecule has 2 nitrogen and oxygen atoms in total. The largest absolute Gasteiger partial charge is 0.294 e. The molecule has 2 rings (SSSR count). The lowest BCUT2D eigenvalue weighted by Crippen LogP contribution is -2.00. The first-order valence-electron chi connectivity index (χ1n) is 5.21. The van der Waals surface area contributed by atoms with E-state index in [1.165, 1.54) is 0 Å². The van der Waals surface area contributed by atoms with Crippen LogP contribution in [0, 0.1) is 6.92 Å². The molecule has 0 saturated carbocycles. The minimum Gasteiger partial charge on any atom is -0.294 e. The molecule has 0 aliphatic rings. The Morgan fingerprint density at radius 2 is 2.19 bits per heavy atom. The van der Waals surface area contributed by atoms with Crippen LogP contribution in [-0.2, 0) is 0 Å². The predicted octanol–water partition coefficient (Wildman–Crippen LogP) is 3.79. The van der Waals surface area contributed by atoms with Gasteiger partial charge in [-0.05, 0) is 24.6 Å². The molecule has 0 amide bonds. The highest BCUT2D eigenvalue weighted by atomic mass is 35.5. The SMILES string of the molecule is CCC(=O)c1c(Cl)ccc2cc(C)cnc12. The summed E-state index contributed by atoms with van der Waals surface area (Å²) >= 11 is 6.06. The second-order valence-corrected chi connectivity index (χ2v) is 4.19. The number of pyridine rings is 1. The molecule has 1 aromatic carbocycles. The van der Waals surface area contributed by atoms with Crippen molar-refractivity contribution in [2.45, 2.75) is 20.3 Å². The van der Waals surface area contributed by atoms with Crippen LogP contribution in [0.25, 0.3) is 10.9 Å². The van der Waals surface area contributed by atoms with Crippen molar-refractivity contribution < 1.29 is 4.79 Å². The highest BCUT2D eigenvalue weighted by molar-refractivity contribution is 6.35. The zero-order valence-electron chi connectivity index (χ0n) is 9.25. The lowest BCUT2D eigenvalue weighted by molar-refractivity contribution is 0.0989. The molecule has 16 heavy (non-hydrogen) atoms. The number of aryl methyl sites for hydroxylation is 1. The summed E-state index contributed by atoms with van der Waals surface area (Å²) < 4.78 is 0. The second kappa shape index (κ2) is 4.22. The third kappa shape index (κ3) is 1.81. The van der Waals surface area contributed by atoms with Gasteiger partial charge in [-0.15, -0.1) is 0 Å². The van der Waals surface area contributed by atoms with Crippen LogP contribution in [-0.4, -0.2) is 10.8 Å². The van der Waals surface area contributed by atoms with Crippen molar-refractivity contribution in [2.75, 3.05) is 0 Å². The number of ketones is 1. The van der Waals surface area contributed by atoms with Gasteiger partial charge in [0, 0.05) is 18.0 Å². The molecule has 0 radical (unpaired) electrons. The average molecular weight is 234 g/mol. The quantitative estimate of drug-likeness (QED) is 0.739. The Kier molecular flexibility index (Phi) is 2.92. The number of benzene rings is 1. The summed E-state index contributed by atoms with van der Waals surface area (Å²) in [6, 6.07) is 5.66. The fourth-order valence-corrected chi connectivity index (χ4v) is 1.99. The van der Waals surface area contributed by atoms with E-state index in [0.717, 1.165) is 10.9 Å². The number of rotatable bonds is 2. The second-order valence-electron chi connectivity index (χ2n) is 3.78. The van der Waals surface area contributed by atoms with Gasteiger partial charge in [-0.2, -0.15) is 0 Å². The Bertz CT molecular complexity index is 563. The van der Waals surface area contributed by atoms with E-state index in [4.69, 9.17) is 11.6 Å². The fourth-order valence-electron chi connectivity index (χ4n) is 1.73. The maximum absolute atomic E-state index is 11.8. The van der Waals surface area contributed by atoms with Gasteiger partial charge in [0.25, 0.3) is 0 Å². The molecule has 1 heterocycles. The highest BCUT2D eigenvalue weighted by Gasteiger charge is 2.13. The lowest BCUT2D eigenvalue weighted by atomic mass is 10.0. The summed E-state index contributed by atoms with van der Waals surface area (Å²) in [7, 11) is 0. The number of Topliss-reactive ketones (excluding diaryl/α,β-unsaturated/α-hetero) is 1. The molecule has 0 unspecified atom stereocenters. The van der Waals surface area contributed by atoms with Gasteiger partial charge in [-0.25, -0.2) is 0 Å². The predicted molar refractivity (Wildman–Crippen MR) is 66.1 cm³/mol. The first-order chi connectivity index (χ1) is 7.63. The summed E-state index contributed by atoms with van der Waals surface area (Å²) in [5, 5.41) is 1.44. The standard InChI is InChI=1S/C13H12ClNO/c1-3-11(16)12-10(14)5-4-9-6-8(2)7-15-13(9)12/h4-7H,3H2,1-2H3. The Hall–Kier alpha value is -1.41. The summed E-state index contributed by atoms with van der Waals surface area (Å²) in [5.41, 5.74) is 2.32. The maximum Gasteiger partial charge on any atom is 0.166 e. The van der Waals surface area contributed by atoms with Crippen molar-refractivity contribution in [3.05, 3.63) is 40.5 Å². The van der Waals surface area contributed by atoms with E-state index in [-0.39, 0.29) is 5.78 Å². The van der Waals surface area contributed by atoms with Crippen LogP contribution in [0.1, 0.15) is 29.3 Å². The van der Waals surface area contributed by atoms with Crippen LogP contribution in [0.4, 0.5) is 0 Å². The van der Waals surface area contributed by atoms with Crippen molar-refractivity contribution in [1.29, 1.82) is 0 Å². The molecule has 0 spiro atoms. The lowest BCUT2D eigenvalue weighted by Gasteiger charge is -2.06. The fraction of sp³-hybridized carbons (Fsp3) is 0.231. The smallest absolute Gasteiger partial charge is 0.166 e. The summed E-state index contributed by atoms with van der Waals surface area (Å²) in [6.07, 6.45) is 2.19. The third-order valence-electron chi connectivity index (χ3n) is 2.54. The molecule has 0 N–H and O–H groups in total. The van der Waals surface area contributed by atoms with E-state index in [0.29, 0.717) is 22.5 Å². The monoisotopic (exact) mass is 233 g/mol. The number of carbonyl (C=O) groups is 1. The molecule has 0 aliphatic heterocycles. The number of hydrogen-bond acceptors (Lipinski definition) is 2. The Morgan fingerprint density at radius 1 is 1.44 bits per heavy atom. The summed E-state index contributed by atoms with van der Waals surface area (Å²) in [6.45, 7) is 3.80. The molecule has 0 fully saturated rings. The maximum atomic E-state index is 11.8. The van der Waals surface area contributed by atoms with Gasteiger partial charge >= 0.3 is 0 Å². The van der Waals surface area contributed by atoms with E-state index in [1.54, 1.807) is 12.3 Å². The van der Waals surface area contributed by atoms with Gasteiger partial charge in [-0.1, -0.05) is 24.6 Å². The van der Waals surface area contributed by atoms with Crippen molar-refractivity contribution in [3.8, 4) is 0 Å². The van der Waals surface area contributed by atoms with E-state index in [9.17, 15) is 4.79 Å². The molecular weight excluding hydrogens is 222 g/mol. The molecule has 1 aromatic heterocycles. The van der Waals surface area contributed by atoms with Gasteiger partial charge in [0.2, 0.25) is 0 Å². The van der Waals surface area contributed by atoms with E-state index < -0.39 is 0 Å². The van der Waals surface area contributed by atoms with Crippen LogP contribution in [0.2, 0.25) is 5.02 Å². The third-order valence-corrected chi connectivity index (χ3v) is 2.85. The van der Waals surface area contributed by atoms with Gasteiger partial charge in [0.05, 0.1) is 16.1 Å². The van der Waals surface area contributed by atoms with Crippen LogP contribution < -0.4 is 0 Å². The minimum atomic E-state index is 0.0342. The molecule has 3 heteroatoms. The number of fused-ring (bicyclic) bond motifs is 1. The highest BCUT2D eigenvalue weighted by Crippen LogP contribution is 2.26. The first-order valence-corrected chi connectivity index (χ1v) is 5.59. The topological polar surface area (TPSA) is 30.0 Å². The number of carbonyl (C=O) groups excluding carboxylic acids is 1. The van der Waals surface area contributed by atoms with Crippen LogP contribution >= 0.6 is 11.6 Å². The van der Waals surface area contributed by atoms with Gasteiger partial charge in [0.1, 0.15) is 0 Å². The van der Waals surface area contributed by atoms with Crippen molar-refractivity contribution >= 4 is 28.3 Å². The van der Waals surface area contributed by atoms with Gasteiger partial charge < -0.3 is 0 Å². The van der Waals surface area contributed by atoms with Crippen molar-refractivity contribution in [2.24, 2.45) is 0 Å².